The highest BCUT2D eigenvalue weighted by Gasteiger charge is 2.25. The lowest BCUT2D eigenvalue weighted by Crippen LogP contribution is -2.46. The summed E-state index contributed by atoms with van der Waals surface area (Å²) in [6, 6.07) is 2.28. The molecule has 6 nitrogen and oxygen atoms in total. The number of aromatic nitrogens is 2. The van der Waals surface area contributed by atoms with Crippen molar-refractivity contribution in [3.63, 3.8) is 0 Å². The standard InChI is InChI=1S/C19H28N4O2/c1-19(2,3)25-18(24)22-15-8-10-23(11-9-15)17-12-16(20-13-21-17)14-6-4-5-7-14/h4-5,12-15H,6-11H2,1-3H3,(H,22,24). The van der Waals surface area contributed by atoms with Crippen molar-refractivity contribution in [1.82, 2.24) is 15.3 Å². The fraction of sp³-hybridized carbons (Fsp3) is 0.632. The lowest BCUT2D eigenvalue weighted by Gasteiger charge is -2.33. The van der Waals surface area contributed by atoms with Crippen LogP contribution in [0.3, 0.4) is 0 Å². The van der Waals surface area contributed by atoms with E-state index < -0.39 is 5.60 Å². The van der Waals surface area contributed by atoms with E-state index in [9.17, 15) is 4.79 Å². The summed E-state index contributed by atoms with van der Waals surface area (Å²) in [4.78, 5) is 23.1. The normalized spacial score (nSPS) is 19.2. The molecule has 0 spiro atoms. The van der Waals surface area contributed by atoms with Crippen molar-refractivity contribution in [2.24, 2.45) is 0 Å². The molecular formula is C19H28N4O2. The Morgan fingerprint density at radius 2 is 1.88 bits per heavy atom. The van der Waals surface area contributed by atoms with Crippen LogP contribution in [0.2, 0.25) is 0 Å². The summed E-state index contributed by atoms with van der Waals surface area (Å²) in [6.45, 7) is 7.38. The Morgan fingerprint density at radius 3 is 2.52 bits per heavy atom. The maximum absolute atomic E-state index is 11.9. The van der Waals surface area contributed by atoms with Crippen molar-refractivity contribution >= 4 is 11.9 Å². The quantitative estimate of drug-likeness (QED) is 0.851. The molecule has 0 bridgehead atoms. The smallest absolute Gasteiger partial charge is 0.407 e. The minimum atomic E-state index is -0.461. The first kappa shape index (κ1) is 17.7. The molecule has 1 aliphatic carbocycles. The second-order valence-corrected chi connectivity index (χ2v) is 7.85. The van der Waals surface area contributed by atoms with Crippen molar-refractivity contribution in [1.29, 1.82) is 0 Å². The van der Waals surface area contributed by atoms with Gasteiger partial charge in [-0.1, -0.05) is 12.2 Å². The number of anilines is 1. The molecule has 2 heterocycles. The molecule has 25 heavy (non-hydrogen) atoms. The monoisotopic (exact) mass is 344 g/mol. The van der Waals surface area contributed by atoms with Crippen LogP contribution < -0.4 is 10.2 Å². The summed E-state index contributed by atoms with van der Waals surface area (Å²) in [5.41, 5.74) is 0.668. The minimum Gasteiger partial charge on any atom is -0.444 e. The lowest BCUT2D eigenvalue weighted by atomic mass is 10.0. The Bertz CT molecular complexity index is 623. The molecule has 1 saturated heterocycles. The number of nitrogens with zero attached hydrogens (tertiary/aromatic N) is 3. The highest BCUT2D eigenvalue weighted by Crippen LogP contribution is 2.29. The highest BCUT2D eigenvalue weighted by molar-refractivity contribution is 5.68. The predicted molar refractivity (Wildman–Crippen MR) is 97.8 cm³/mol. The van der Waals surface area contributed by atoms with Gasteiger partial charge >= 0.3 is 6.09 Å². The van der Waals surface area contributed by atoms with E-state index >= 15 is 0 Å². The number of piperidine rings is 1. The van der Waals surface area contributed by atoms with Gasteiger partial charge in [-0.2, -0.15) is 0 Å². The number of nitrogens with one attached hydrogen (secondary N) is 1. The van der Waals surface area contributed by atoms with Crippen molar-refractivity contribution in [2.75, 3.05) is 18.0 Å². The molecule has 0 atom stereocenters. The average Bonchev–Trinajstić information content (AvgIpc) is 3.08. The van der Waals surface area contributed by atoms with E-state index in [0.717, 1.165) is 50.3 Å². The van der Waals surface area contributed by atoms with E-state index in [1.807, 2.05) is 20.8 Å². The van der Waals surface area contributed by atoms with Gasteiger partial charge in [0.25, 0.3) is 0 Å². The van der Waals surface area contributed by atoms with Crippen LogP contribution in [0.1, 0.15) is 58.1 Å². The van der Waals surface area contributed by atoms with Crippen molar-refractivity contribution in [3.8, 4) is 0 Å². The summed E-state index contributed by atoms with van der Waals surface area (Å²) < 4.78 is 5.33. The maximum atomic E-state index is 11.9. The molecule has 1 amide bonds. The third kappa shape index (κ3) is 4.94. The SMILES string of the molecule is CC(C)(C)OC(=O)NC1CCN(c2cc(C3CC=CC3)ncn2)CC1. The van der Waals surface area contributed by atoms with Crippen LogP contribution >= 0.6 is 0 Å². The molecule has 1 aliphatic heterocycles. The number of alkyl carbamates (subject to hydrolysis) is 1. The summed E-state index contributed by atoms with van der Waals surface area (Å²) in [7, 11) is 0. The maximum Gasteiger partial charge on any atom is 0.407 e. The minimum absolute atomic E-state index is 0.159. The largest absolute Gasteiger partial charge is 0.444 e. The van der Waals surface area contributed by atoms with Gasteiger partial charge in [-0.05, 0) is 46.5 Å². The Labute approximate surface area is 149 Å². The second-order valence-electron chi connectivity index (χ2n) is 7.85. The lowest BCUT2D eigenvalue weighted by molar-refractivity contribution is 0.0497. The first-order valence-corrected chi connectivity index (χ1v) is 9.12. The van der Waals surface area contributed by atoms with Crippen LogP contribution in [0.4, 0.5) is 10.6 Å². The summed E-state index contributed by atoms with van der Waals surface area (Å²) in [5.74, 6) is 1.49. The number of hydrogen-bond acceptors (Lipinski definition) is 5. The van der Waals surface area contributed by atoms with Crippen LogP contribution in [0.5, 0.6) is 0 Å². The number of amides is 1. The first-order chi connectivity index (χ1) is 11.9. The Balaban J connectivity index is 1.52. The van der Waals surface area contributed by atoms with Crippen molar-refractivity contribution in [2.45, 2.75) is 64.0 Å². The van der Waals surface area contributed by atoms with E-state index in [1.165, 1.54) is 0 Å². The molecule has 0 radical (unpaired) electrons. The first-order valence-electron chi connectivity index (χ1n) is 9.12. The number of ether oxygens (including phenoxy) is 1. The molecule has 3 rings (SSSR count). The van der Waals surface area contributed by atoms with Gasteiger partial charge in [0.2, 0.25) is 0 Å². The van der Waals surface area contributed by atoms with Crippen LogP contribution in [-0.4, -0.2) is 40.8 Å². The van der Waals surface area contributed by atoms with Gasteiger partial charge in [-0.25, -0.2) is 14.8 Å². The fourth-order valence-corrected chi connectivity index (χ4v) is 3.34. The summed E-state index contributed by atoms with van der Waals surface area (Å²) >= 11 is 0. The van der Waals surface area contributed by atoms with Crippen molar-refractivity contribution in [3.05, 3.63) is 30.2 Å². The predicted octanol–water partition coefficient (Wildman–Crippen LogP) is 3.40. The Morgan fingerprint density at radius 1 is 1.20 bits per heavy atom. The van der Waals surface area contributed by atoms with Crippen LogP contribution in [0.15, 0.2) is 24.5 Å². The third-order valence-corrected chi connectivity index (χ3v) is 4.64. The topological polar surface area (TPSA) is 67.3 Å². The number of carbonyl (C=O) groups excluding carboxylic acids is 1. The molecule has 1 aromatic rings. The Hall–Kier alpha value is -2.11. The molecule has 1 N–H and O–H groups in total. The van der Waals surface area contributed by atoms with Gasteiger partial charge in [0.05, 0.1) is 0 Å². The molecule has 1 fully saturated rings. The average molecular weight is 344 g/mol. The number of hydrogen-bond donors (Lipinski definition) is 1. The number of carbonyl (C=O) groups is 1. The summed E-state index contributed by atoms with van der Waals surface area (Å²) in [5, 5.41) is 2.97. The molecule has 6 heteroatoms. The fourth-order valence-electron chi connectivity index (χ4n) is 3.34. The third-order valence-electron chi connectivity index (χ3n) is 4.64. The van der Waals surface area contributed by atoms with E-state index in [2.05, 4.69) is 38.4 Å². The number of allylic oxidation sites excluding steroid dienone is 2. The van der Waals surface area contributed by atoms with Gasteiger partial charge in [-0.3, -0.25) is 0 Å². The molecule has 136 valence electrons. The van der Waals surface area contributed by atoms with Crippen molar-refractivity contribution < 1.29 is 9.53 Å². The van der Waals surface area contributed by atoms with Crippen LogP contribution in [0, 0.1) is 0 Å². The summed E-state index contributed by atoms with van der Waals surface area (Å²) in [6.07, 6.45) is 9.71. The van der Waals surface area contributed by atoms with E-state index in [1.54, 1.807) is 6.33 Å². The molecule has 0 saturated carbocycles. The number of rotatable bonds is 3. The molecular weight excluding hydrogens is 316 g/mol. The molecule has 2 aliphatic rings. The molecule has 0 unspecified atom stereocenters. The van der Waals surface area contributed by atoms with Crippen LogP contribution in [0.25, 0.3) is 0 Å². The van der Waals surface area contributed by atoms with E-state index in [-0.39, 0.29) is 12.1 Å². The van der Waals surface area contributed by atoms with Gasteiger partial charge in [0.1, 0.15) is 17.7 Å². The zero-order valence-electron chi connectivity index (χ0n) is 15.4. The van der Waals surface area contributed by atoms with Gasteiger partial charge in [-0.15, -0.1) is 0 Å². The second kappa shape index (κ2) is 7.42. The Kier molecular flexibility index (Phi) is 5.25. The van der Waals surface area contributed by atoms with Gasteiger partial charge < -0.3 is 15.0 Å². The van der Waals surface area contributed by atoms with E-state index in [4.69, 9.17) is 4.74 Å². The van der Waals surface area contributed by atoms with Gasteiger partial charge in [0.15, 0.2) is 0 Å². The van der Waals surface area contributed by atoms with Crippen LogP contribution in [-0.2, 0) is 4.74 Å². The molecule has 0 aromatic carbocycles. The van der Waals surface area contributed by atoms with Gasteiger partial charge in [0, 0.05) is 36.8 Å². The highest BCUT2D eigenvalue weighted by atomic mass is 16.6. The zero-order chi connectivity index (χ0) is 17.9. The molecule has 1 aromatic heterocycles. The zero-order valence-corrected chi connectivity index (χ0v) is 15.4. The van der Waals surface area contributed by atoms with E-state index in [0.29, 0.717) is 5.92 Å².